The van der Waals surface area contributed by atoms with Gasteiger partial charge in [-0.1, -0.05) is 13.8 Å². The molecule has 2 rings (SSSR count). The van der Waals surface area contributed by atoms with Gasteiger partial charge >= 0.3 is 0 Å². The first-order valence-corrected chi connectivity index (χ1v) is 7.59. The highest BCUT2D eigenvalue weighted by molar-refractivity contribution is 5.96. The van der Waals surface area contributed by atoms with Crippen molar-refractivity contribution in [2.75, 3.05) is 26.3 Å². The summed E-state index contributed by atoms with van der Waals surface area (Å²) in [4.78, 5) is 18.6. The Morgan fingerprint density at radius 2 is 2.19 bits per heavy atom. The lowest BCUT2D eigenvalue weighted by Gasteiger charge is -2.31. The summed E-state index contributed by atoms with van der Waals surface area (Å²) in [5.74, 6) is 1.09. The molecule has 1 amide bonds. The van der Waals surface area contributed by atoms with E-state index in [0.717, 1.165) is 12.8 Å². The lowest BCUT2D eigenvalue weighted by atomic mass is 9.97. The molecule has 1 aliphatic heterocycles. The Bertz CT molecular complexity index is 468. The number of aromatic nitrogens is 1. The van der Waals surface area contributed by atoms with E-state index in [9.17, 15) is 4.79 Å². The van der Waals surface area contributed by atoms with Gasteiger partial charge in [-0.25, -0.2) is 4.98 Å². The maximum absolute atomic E-state index is 12.6. The SMILES string of the molecule is CC(C)COc1ncccc1C(=O)N1CCC(CO)CC1. The molecule has 0 aromatic carbocycles. The second-order valence-electron chi connectivity index (χ2n) is 5.98. The van der Waals surface area contributed by atoms with Gasteiger partial charge in [-0.3, -0.25) is 4.79 Å². The average Bonchev–Trinajstić information content (AvgIpc) is 2.52. The minimum Gasteiger partial charge on any atom is -0.477 e. The van der Waals surface area contributed by atoms with Crippen molar-refractivity contribution in [1.82, 2.24) is 9.88 Å². The number of piperidine rings is 1. The maximum atomic E-state index is 12.6. The Morgan fingerprint density at radius 1 is 1.48 bits per heavy atom. The summed E-state index contributed by atoms with van der Waals surface area (Å²) in [6, 6.07) is 3.53. The first kappa shape index (κ1) is 15.8. The van der Waals surface area contributed by atoms with Crippen LogP contribution in [0, 0.1) is 11.8 Å². The number of likely N-dealkylation sites (tertiary alicyclic amines) is 1. The Hall–Kier alpha value is -1.62. The van der Waals surface area contributed by atoms with E-state index in [1.54, 1.807) is 18.3 Å². The van der Waals surface area contributed by atoms with E-state index in [2.05, 4.69) is 18.8 Å². The van der Waals surface area contributed by atoms with E-state index in [4.69, 9.17) is 9.84 Å². The molecule has 0 bridgehead atoms. The van der Waals surface area contributed by atoms with Gasteiger partial charge in [0.15, 0.2) is 0 Å². The summed E-state index contributed by atoms with van der Waals surface area (Å²) in [7, 11) is 0. The predicted molar refractivity (Wildman–Crippen MR) is 80.3 cm³/mol. The van der Waals surface area contributed by atoms with Crippen LogP contribution in [0.1, 0.15) is 37.0 Å². The molecule has 1 aliphatic rings. The van der Waals surface area contributed by atoms with Gasteiger partial charge in [-0.2, -0.15) is 0 Å². The number of aliphatic hydroxyl groups is 1. The highest BCUT2D eigenvalue weighted by atomic mass is 16.5. The maximum Gasteiger partial charge on any atom is 0.259 e. The van der Waals surface area contributed by atoms with E-state index in [1.165, 1.54) is 0 Å². The smallest absolute Gasteiger partial charge is 0.259 e. The molecule has 0 unspecified atom stereocenters. The number of carbonyl (C=O) groups excluding carboxylic acids is 1. The van der Waals surface area contributed by atoms with Crippen LogP contribution in [0.5, 0.6) is 5.88 Å². The van der Waals surface area contributed by atoms with Gasteiger partial charge in [0.2, 0.25) is 5.88 Å². The number of carbonyl (C=O) groups is 1. The fraction of sp³-hybridized carbons (Fsp3) is 0.625. The molecule has 0 atom stereocenters. The van der Waals surface area contributed by atoms with Gasteiger partial charge in [0.1, 0.15) is 5.56 Å². The monoisotopic (exact) mass is 292 g/mol. The zero-order valence-corrected chi connectivity index (χ0v) is 12.8. The third kappa shape index (κ3) is 4.17. The molecule has 1 saturated heterocycles. The van der Waals surface area contributed by atoms with Gasteiger partial charge in [-0.05, 0) is 36.8 Å². The quantitative estimate of drug-likeness (QED) is 0.901. The summed E-state index contributed by atoms with van der Waals surface area (Å²) in [5.41, 5.74) is 0.528. The van der Waals surface area contributed by atoms with Crippen LogP contribution in [0.2, 0.25) is 0 Å². The molecular weight excluding hydrogens is 268 g/mol. The molecule has 5 nitrogen and oxygen atoms in total. The summed E-state index contributed by atoms with van der Waals surface area (Å²) < 4.78 is 5.65. The molecule has 21 heavy (non-hydrogen) atoms. The Balaban J connectivity index is 2.05. The first-order chi connectivity index (χ1) is 10.1. The third-order valence-corrected chi connectivity index (χ3v) is 3.71. The Kier molecular flexibility index (Phi) is 5.56. The van der Waals surface area contributed by atoms with Crippen molar-refractivity contribution in [2.45, 2.75) is 26.7 Å². The van der Waals surface area contributed by atoms with Crippen molar-refractivity contribution in [3.05, 3.63) is 23.9 Å². The van der Waals surface area contributed by atoms with Gasteiger partial charge in [-0.15, -0.1) is 0 Å². The summed E-state index contributed by atoms with van der Waals surface area (Å²) in [5, 5.41) is 9.17. The molecule has 1 aromatic rings. The Labute approximate surface area is 125 Å². The van der Waals surface area contributed by atoms with Crippen LogP contribution in [0.25, 0.3) is 0 Å². The molecule has 0 radical (unpaired) electrons. The molecule has 1 N–H and O–H groups in total. The van der Waals surface area contributed by atoms with Gasteiger partial charge in [0, 0.05) is 25.9 Å². The summed E-state index contributed by atoms with van der Waals surface area (Å²) >= 11 is 0. The minimum atomic E-state index is -0.0294. The van der Waals surface area contributed by atoms with Crippen LogP contribution < -0.4 is 4.74 Å². The zero-order chi connectivity index (χ0) is 15.2. The topological polar surface area (TPSA) is 62.7 Å². The molecule has 116 valence electrons. The van der Waals surface area contributed by atoms with Crippen LogP contribution in [0.4, 0.5) is 0 Å². The molecule has 0 saturated carbocycles. The highest BCUT2D eigenvalue weighted by Gasteiger charge is 2.25. The molecule has 1 fully saturated rings. The molecule has 5 heteroatoms. The second kappa shape index (κ2) is 7.41. The van der Waals surface area contributed by atoms with Crippen molar-refractivity contribution in [1.29, 1.82) is 0 Å². The molecular formula is C16H24N2O3. The third-order valence-electron chi connectivity index (χ3n) is 3.71. The zero-order valence-electron chi connectivity index (χ0n) is 12.8. The Morgan fingerprint density at radius 3 is 2.81 bits per heavy atom. The van der Waals surface area contributed by atoms with Crippen LogP contribution in [0.3, 0.4) is 0 Å². The number of rotatable bonds is 5. The number of pyridine rings is 1. The lowest BCUT2D eigenvalue weighted by Crippen LogP contribution is -2.39. The van der Waals surface area contributed by atoms with Crippen molar-refractivity contribution in [3.8, 4) is 5.88 Å². The number of hydrogen-bond acceptors (Lipinski definition) is 4. The molecule has 1 aromatic heterocycles. The normalized spacial score (nSPS) is 16.3. The number of hydrogen-bond donors (Lipinski definition) is 1. The average molecular weight is 292 g/mol. The molecule has 2 heterocycles. The minimum absolute atomic E-state index is 0.0294. The van der Waals surface area contributed by atoms with Crippen LogP contribution in [0.15, 0.2) is 18.3 Å². The lowest BCUT2D eigenvalue weighted by molar-refractivity contribution is 0.0645. The second-order valence-corrected chi connectivity index (χ2v) is 5.98. The number of nitrogens with zero attached hydrogens (tertiary/aromatic N) is 2. The van der Waals surface area contributed by atoms with E-state index in [-0.39, 0.29) is 12.5 Å². The van der Waals surface area contributed by atoms with E-state index in [1.807, 2.05) is 4.90 Å². The van der Waals surface area contributed by atoms with Crippen molar-refractivity contribution >= 4 is 5.91 Å². The number of aliphatic hydroxyl groups excluding tert-OH is 1. The largest absolute Gasteiger partial charge is 0.477 e. The fourth-order valence-electron chi connectivity index (χ4n) is 2.40. The molecule has 0 spiro atoms. The van der Waals surface area contributed by atoms with Gasteiger partial charge < -0.3 is 14.7 Å². The molecule has 0 aliphatic carbocycles. The van der Waals surface area contributed by atoms with Gasteiger partial charge in [0.25, 0.3) is 5.91 Å². The van der Waals surface area contributed by atoms with Crippen LogP contribution >= 0.6 is 0 Å². The van der Waals surface area contributed by atoms with Crippen molar-refractivity contribution in [3.63, 3.8) is 0 Å². The van der Waals surface area contributed by atoms with Gasteiger partial charge in [0.05, 0.1) is 6.61 Å². The first-order valence-electron chi connectivity index (χ1n) is 7.59. The van der Waals surface area contributed by atoms with Crippen LogP contribution in [-0.2, 0) is 0 Å². The van der Waals surface area contributed by atoms with Crippen LogP contribution in [-0.4, -0.2) is 47.2 Å². The van der Waals surface area contributed by atoms with E-state index >= 15 is 0 Å². The van der Waals surface area contributed by atoms with E-state index < -0.39 is 0 Å². The number of amides is 1. The standard InChI is InChI=1S/C16H24N2O3/c1-12(2)11-21-15-14(4-3-7-17-15)16(20)18-8-5-13(10-19)6-9-18/h3-4,7,12-13,19H,5-6,8-11H2,1-2H3. The summed E-state index contributed by atoms with van der Waals surface area (Å²) in [6.07, 6.45) is 3.35. The fourth-order valence-corrected chi connectivity index (χ4v) is 2.40. The van der Waals surface area contributed by atoms with Crippen molar-refractivity contribution < 1.29 is 14.6 Å². The van der Waals surface area contributed by atoms with Crippen molar-refractivity contribution in [2.24, 2.45) is 11.8 Å². The predicted octanol–water partition coefficient (Wildman–Crippen LogP) is 1.96. The number of ether oxygens (including phenoxy) is 1. The summed E-state index contributed by atoms with van der Waals surface area (Å²) in [6.45, 7) is 6.24. The highest BCUT2D eigenvalue weighted by Crippen LogP contribution is 2.22. The van der Waals surface area contributed by atoms with E-state index in [0.29, 0.717) is 43.0 Å².